The number of rotatable bonds is 4. The molecule has 0 spiro atoms. The van der Waals surface area contributed by atoms with Gasteiger partial charge in [0.2, 0.25) is 0 Å². The number of benzene rings is 2. The van der Waals surface area contributed by atoms with Gasteiger partial charge in [0.1, 0.15) is 11.9 Å². The van der Waals surface area contributed by atoms with Gasteiger partial charge in [-0.2, -0.15) is 5.26 Å². The number of nitrogens with two attached hydrogens (primary N) is 1. The van der Waals surface area contributed by atoms with Gasteiger partial charge in [-0.1, -0.05) is 72.2 Å². The summed E-state index contributed by atoms with van der Waals surface area (Å²) < 4.78 is 16.8. The molecule has 2 aromatic carbocycles. The quantitative estimate of drug-likeness (QED) is 0.432. The maximum Gasteiger partial charge on any atom is 0.141 e. The first kappa shape index (κ1) is 26.8. The molecule has 0 fully saturated rings. The molecule has 0 saturated heterocycles. The molecule has 2 rings (SSSR count). The molecule has 3 N–H and O–H groups in total. The summed E-state index contributed by atoms with van der Waals surface area (Å²) in [6.45, 7) is 16.0. The molecule has 0 aliphatic carbocycles. The van der Waals surface area contributed by atoms with E-state index < -0.39 is 5.82 Å². The zero-order chi connectivity index (χ0) is 21.4. The third-order valence-electron chi connectivity index (χ3n) is 3.03. The molecule has 3 nitrogen and oxygen atoms in total. The van der Waals surface area contributed by atoms with E-state index in [1.807, 2.05) is 59.9 Å². The Morgan fingerprint density at radius 2 is 1.67 bits per heavy atom. The molecule has 0 bridgehead atoms. The molecule has 0 aliphatic heterocycles. The van der Waals surface area contributed by atoms with Crippen LogP contribution in [0.2, 0.25) is 0 Å². The summed E-state index contributed by atoms with van der Waals surface area (Å²) in [5.74, 6) is -0.560. The van der Waals surface area contributed by atoms with Gasteiger partial charge >= 0.3 is 0 Å². The van der Waals surface area contributed by atoms with Crippen LogP contribution in [0.25, 0.3) is 5.57 Å². The van der Waals surface area contributed by atoms with Crippen molar-refractivity contribution in [3.8, 4) is 6.07 Å². The van der Waals surface area contributed by atoms with Crippen LogP contribution in [-0.4, -0.2) is 6.26 Å². The molecular weight excluding hydrogens is 357 g/mol. The van der Waals surface area contributed by atoms with E-state index in [0.717, 1.165) is 11.3 Å². The largest absolute Gasteiger partial charge is 0.398 e. The fourth-order valence-electron chi connectivity index (χ4n) is 1.97. The van der Waals surface area contributed by atoms with E-state index in [0.29, 0.717) is 16.8 Å². The van der Waals surface area contributed by atoms with Gasteiger partial charge in [-0.3, -0.25) is 0 Å². The monoisotopic (exact) mass is 389 g/mol. The molecule has 0 aliphatic rings. The number of anilines is 2. The molecule has 5 heteroatoms. The van der Waals surface area contributed by atoms with E-state index >= 15 is 0 Å². The molecule has 27 heavy (non-hydrogen) atoms. The van der Waals surface area contributed by atoms with Crippen molar-refractivity contribution in [3.63, 3.8) is 0 Å². The van der Waals surface area contributed by atoms with E-state index in [9.17, 15) is 4.39 Å². The Kier molecular flexibility index (Phi) is 15.6. The standard InChI is InChI=1S/C16H14FN3S.3C2H6/c1-10(11-3-4-12(9-18)15(17)7-11)14-6-5-13(20-21-2)8-16(14)19;3*1-2/h3-8,20H,1,19H2,2H3;3*1-2H3. The lowest BCUT2D eigenvalue weighted by Gasteiger charge is -2.12. The van der Waals surface area contributed by atoms with E-state index in [4.69, 9.17) is 11.0 Å². The Bertz CT molecular complexity index is 737. The van der Waals surface area contributed by atoms with Gasteiger partial charge in [0.25, 0.3) is 0 Å². The van der Waals surface area contributed by atoms with Crippen molar-refractivity contribution in [2.24, 2.45) is 0 Å². The average molecular weight is 390 g/mol. The summed E-state index contributed by atoms with van der Waals surface area (Å²) in [6, 6.07) is 11.7. The van der Waals surface area contributed by atoms with Crippen LogP contribution < -0.4 is 10.5 Å². The average Bonchev–Trinajstić information content (AvgIpc) is 2.72. The van der Waals surface area contributed by atoms with Gasteiger partial charge in [0, 0.05) is 23.2 Å². The first-order valence-corrected chi connectivity index (χ1v) is 10.4. The number of hydrogen-bond acceptors (Lipinski definition) is 4. The van der Waals surface area contributed by atoms with Crippen molar-refractivity contribution in [3.05, 3.63) is 65.5 Å². The van der Waals surface area contributed by atoms with Crippen LogP contribution >= 0.6 is 11.9 Å². The summed E-state index contributed by atoms with van der Waals surface area (Å²) in [6.07, 6.45) is 1.92. The molecule has 0 saturated carbocycles. The number of halogens is 1. The second-order valence-electron chi connectivity index (χ2n) is 4.39. The molecule has 148 valence electrons. The number of hydrogen-bond donors (Lipinski definition) is 2. The molecule has 0 atom stereocenters. The highest BCUT2D eigenvalue weighted by molar-refractivity contribution is 7.99. The number of nitrogen functional groups attached to an aromatic ring is 1. The van der Waals surface area contributed by atoms with E-state index in [-0.39, 0.29) is 5.56 Å². The Hall–Kier alpha value is -2.45. The number of nitrogens with zero attached hydrogens (tertiary/aromatic N) is 1. The van der Waals surface area contributed by atoms with Gasteiger partial charge in [-0.15, -0.1) is 0 Å². The van der Waals surface area contributed by atoms with Crippen molar-refractivity contribution < 1.29 is 4.39 Å². The first-order chi connectivity index (χ1) is 13.1. The Balaban J connectivity index is 0. The highest BCUT2D eigenvalue weighted by atomic mass is 32.2. The minimum atomic E-state index is -0.560. The maximum absolute atomic E-state index is 13.7. The van der Waals surface area contributed by atoms with E-state index in [1.165, 1.54) is 24.1 Å². The van der Waals surface area contributed by atoms with Crippen LogP contribution in [0, 0.1) is 17.1 Å². The first-order valence-electron chi connectivity index (χ1n) is 9.14. The Morgan fingerprint density at radius 3 is 2.11 bits per heavy atom. The molecule has 0 unspecified atom stereocenters. The van der Waals surface area contributed by atoms with Gasteiger partial charge in [0.15, 0.2) is 0 Å². The Morgan fingerprint density at radius 1 is 1.07 bits per heavy atom. The minimum Gasteiger partial charge on any atom is -0.398 e. The number of nitrogens with one attached hydrogen (secondary N) is 1. The van der Waals surface area contributed by atoms with E-state index in [1.54, 1.807) is 18.2 Å². The Labute approximate surface area is 168 Å². The van der Waals surface area contributed by atoms with Gasteiger partial charge in [-0.05, 0) is 35.4 Å². The fraction of sp³-hybridized carbons (Fsp3) is 0.318. The molecule has 0 amide bonds. The van der Waals surface area contributed by atoms with Crippen molar-refractivity contribution in [2.45, 2.75) is 41.5 Å². The molecule has 0 aromatic heterocycles. The highest BCUT2D eigenvalue weighted by Gasteiger charge is 2.10. The smallest absolute Gasteiger partial charge is 0.141 e. The van der Waals surface area contributed by atoms with E-state index in [2.05, 4.69) is 11.3 Å². The fourth-order valence-corrected chi connectivity index (χ4v) is 2.33. The molecular formula is C22H32FN3S. The number of nitriles is 1. The second-order valence-corrected chi connectivity index (χ2v) is 5.01. The normalized spacial score (nSPS) is 8.41. The summed E-state index contributed by atoms with van der Waals surface area (Å²) in [5, 5.41) is 8.75. The van der Waals surface area contributed by atoms with Crippen LogP contribution in [0.3, 0.4) is 0 Å². The predicted molar refractivity (Wildman–Crippen MR) is 121 cm³/mol. The lowest BCUT2D eigenvalue weighted by molar-refractivity contribution is 0.623. The second kappa shape index (κ2) is 15.8. The summed E-state index contributed by atoms with van der Waals surface area (Å²) >= 11 is 1.47. The summed E-state index contributed by atoms with van der Waals surface area (Å²) in [7, 11) is 0. The van der Waals surface area contributed by atoms with Gasteiger partial charge in [0.05, 0.1) is 5.56 Å². The van der Waals surface area contributed by atoms with Crippen LogP contribution in [0.1, 0.15) is 58.2 Å². The third-order valence-corrected chi connectivity index (χ3v) is 3.47. The maximum atomic E-state index is 13.7. The highest BCUT2D eigenvalue weighted by Crippen LogP contribution is 2.30. The topological polar surface area (TPSA) is 61.8 Å². The molecule has 2 aromatic rings. The third kappa shape index (κ3) is 8.19. The van der Waals surface area contributed by atoms with Crippen LogP contribution in [-0.2, 0) is 0 Å². The zero-order valence-electron chi connectivity index (χ0n) is 17.5. The van der Waals surface area contributed by atoms with Crippen molar-refractivity contribution >= 4 is 28.9 Å². The van der Waals surface area contributed by atoms with Gasteiger partial charge in [-0.25, -0.2) is 4.39 Å². The minimum absolute atomic E-state index is 0.0130. The molecule has 0 heterocycles. The van der Waals surface area contributed by atoms with Crippen molar-refractivity contribution in [2.75, 3.05) is 16.7 Å². The lowest BCUT2D eigenvalue weighted by atomic mass is 9.97. The van der Waals surface area contributed by atoms with Crippen LogP contribution in [0.4, 0.5) is 15.8 Å². The SMILES string of the molecule is C=C(c1ccc(C#N)c(F)c1)c1ccc(NSC)cc1N.CC.CC.CC. The zero-order valence-corrected chi connectivity index (χ0v) is 18.3. The molecule has 0 radical (unpaired) electrons. The van der Waals surface area contributed by atoms with Crippen molar-refractivity contribution in [1.82, 2.24) is 0 Å². The predicted octanol–water partition coefficient (Wildman–Crippen LogP) is 7.11. The van der Waals surface area contributed by atoms with Crippen LogP contribution in [0.15, 0.2) is 43.0 Å². The van der Waals surface area contributed by atoms with Gasteiger partial charge < -0.3 is 10.5 Å². The lowest BCUT2D eigenvalue weighted by Crippen LogP contribution is -1.97. The van der Waals surface area contributed by atoms with Crippen molar-refractivity contribution in [1.29, 1.82) is 5.26 Å². The summed E-state index contributed by atoms with van der Waals surface area (Å²) in [4.78, 5) is 0. The summed E-state index contributed by atoms with van der Waals surface area (Å²) in [5.41, 5.74) is 9.45. The van der Waals surface area contributed by atoms with Crippen LogP contribution in [0.5, 0.6) is 0 Å².